The van der Waals surface area contributed by atoms with Gasteiger partial charge in [0.05, 0.1) is 13.7 Å². The Morgan fingerprint density at radius 1 is 1.09 bits per heavy atom. The van der Waals surface area contributed by atoms with Crippen LogP contribution >= 0.6 is 0 Å². The number of nitrogens with zero attached hydrogens (tertiary/aromatic N) is 5. The highest BCUT2D eigenvalue weighted by Gasteiger charge is 2.33. The predicted molar refractivity (Wildman–Crippen MR) is 119 cm³/mol. The number of amides is 3. The lowest BCUT2D eigenvalue weighted by molar-refractivity contribution is -0.134. The van der Waals surface area contributed by atoms with Crippen molar-refractivity contribution in [2.45, 2.75) is 32.8 Å². The van der Waals surface area contributed by atoms with Gasteiger partial charge in [-0.05, 0) is 57.0 Å². The topological polar surface area (TPSA) is 88.1 Å². The van der Waals surface area contributed by atoms with Gasteiger partial charge in [-0.1, -0.05) is 0 Å². The Balaban J connectivity index is 1.33. The molecule has 0 bridgehead atoms. The molecule has 3 heterocycles. The lowest BCUT2D eigenvalue weighted by Crippen LogP contribution is -2.48. The molecule has 1 atom stereocenters. The van der Waals surface area contributed by atoms with Gasteiger partial charge in [0.1, 0.15) is 18.4 Å². The molecule has 9 heteroatoms. The van der Waals surface area contributed by atoms with E-state index in [1.807, 2.05) is 44.2 Å². The highest BCUT2D eigenvalue weighted by molar-refractivity contribution is 5.96. The van der Waals surface area contributed by atoms with Gasteiger partial charge in [-0.2, -0.15) is 0 Å². The molecule has 2 saturated heterocycles. The number of likely N-dealkylation sites (tertiary alicyclic amines) is 1. The maximum absolute atomic E-state index is 12.9. The molecule has 2 aliphatic rings. The van der Waals surface area contributed by atoms with Crippen LogP contribution in [0.4, 0.5) is 10.5 Å². The van der Waals surface area contributed by atoms with E-state index in [0.717, 1.165) is 35.7 Å². The van der Waals surface area contributed by atoms with E-state index >= 15 is 0 Å². The number of hydrogen-bond acceptors (Lipinski definition) is 6. The van der Waals surface area contributed by atoms with Gasteiger partial charge in [0.25, 0.3) is 0 Å². The van der Waals surface area contributed by atoms with Crippen LogP contribution in [-0.4, -0.2) is 77.6 Å². The SMILES string of the molecule is COc1ccc(N2CCN(CC(=O)N3CCCC(Oc4nc(C)cc(C)n4)C3)C2=O)cc1. The Labute approximate surface area is 187 Å². The number of anilines is 1. The van der Waals surface area contributed by atoms with E-state index in [-0.39, 0.29) is 24.6 Å². The van der Waals surface area contributed by atoms with E-state index in [4.69, 9.17) is 9.47 Å². The molecule has 2 fully saturated rings. The lowest BCUT2D eigenvalue weighted by Gasteiger charge is -2.33. The normalized spacial score (nSPS) is 18.8. The van der Waals surface area contributed by atoms with Crippen LogP contribution in [0.25, 0.3) is 0 Å². The summed E-state index contributed by atoms with van der Waals surface area (Å²) < 4.78 is 11.1. The molecule has 2 aliphatic heterocycles. The lowest BCUT2D eigenvalue weighted by atomic mass is 10.1. The molecule has 2 aromatic rings. The Kier molecular flexibility index (Phi) is 6.43. The molecule has 0 radical (unpaired) electrons. The van der Waals surface area contributed by atoms with Crippen LogP contribution < -0.4 is 14.4 Å². The van der Waals surface area contributed by atoms with E-state index in [9.17, 15) is 9.59 Å². The first-order valence-corrected chi connectivity index (χ1v) is 10.9. The van der Waals surface area contributed by atoms with Crippen LogP contribution in [0.15, 0.2) is 30.3 Å². The summed E-state index contributed by atoms with van der Waals surface area (Å²) in [6.07, 6.45) is 1.53. The second-order valence-electron chi connectivity index (χ2n) is 8.21. The first-order valence-electron chi connectivity index (χ1n) is 10.9. The minimum Gasteiger partial charge on any atom is -0.497 e. The molecule has 3 amide bonds. The van der Waals surface area contributed by atoms with Crippen molar-refractivity contribution in [1.29, 1.82) is 0 Å². The fourth-order valence-electron chi connectivity index (χ4n) is 4.15. The van der Waals surface area contributed by atoms with Crippen molar-refractivity contribution in [3.05, 3.63) is 41.7 Å². The molecule has 0 aliphatic carbocycles. The first kappa shape index (κ1) is 21.9. The van der Waals surface area contributed by atoms with Crippen molar-refractivity contribution in [1.82, 2.24) is 19.8 Å². The van der Waals surface area contributed by atoms with Crippen LogP contribution in [0, 0.1) is 13.8 Å². The molecule has 32 heavy (non-hydrogen) atoms. The number of hydrogen-bond donors (Lipinski definition) is 0. The van der Waals surface area contributed by atoms with E-state index in [1.54, 1.807) is 21.8 Å². The molecule has 4 rings (SSSR count). The van der Waals surface area contributed by atoms with Crippen LogP contribution in [0.5, 0.6) is 11.8 Å². The Bertz CT molecular complexity index is 961. The predicted octanol–water partition coefficient (Wildman–Crippen LogP) is 2.41. The number of urea groups is 1. The molecule has 1 aromatic carbocycles. The maximum atomic E-state index is 12.9. The van der Waals surface area contributed by atoms with Crippen LogP contribution in [-0.2, 0) is 4.79 Å². The van der Waals surface area contributed by atoms with Crippen LogP contribution in [0.2, 0.25) is 0 Å². The van der Waals surface area contributed by atoms with Crippen molar-refractivity contribution in [3.63, 3.8) is 0 Å². The number of carbonyl (C=O) groups excluding carboxylic acids is 2. The number of piperidine rings is 1. The van der Waals surface area contributed by atoms with E-state index in [1.165, 1.54) is 0 Å². The monoisotopic (exact) mass is 439 g/mol. The summed E-state index contributed by atoms with van der Waals surface area (Å²) in [7, 11) is 1.61. The van der Waals surface area contributed by atoms with E-state index in [2.05, 4.69) is 9.97 Å². The molecule has 0 N–H and O–H groups in total. The zero-order valence-corrected chi connectivity index (χ0v) is 18.8. The van der Waals surface area contributed by atoms with E-state index < -0.39 is 0 Å². The fraction of sp³-hybridized carbons (Fsp3) is 0.478. The number of benzene rings is 1. The maximum Gasteiger partial charge on any atom is 0.325 e. The summed E-state index contributed by atoms with van der Waals surface area (Å²) in [5, 5.41) is 0. The summed E-state index contributed by atoms with van der Waals surface area (Å²) in [4.78, 5) is 39.5. The zero-order chi connectivity index (χ0) is 22.7. The van der Waals surface area contributed by atoms with Crippen molar-refractivity contribution in [2.24, 2.45) is 0 Å². The molecule has 0 spiro atoms. The van der Waals surface area contributed by atoms with Crippen LogP contribution in [0.3, 0.4) is 0 Å². The number of aromatic nitrogens is 2. The second-order valence-corrected chi connectivity index (χ2v) is 8.21. The highest BCUT2D eigenvalue weighted by atomic mass is 16.5. The minimum atomic E-state index is -0.156. The van der Waals surface area contributed by atoms with Gasteiger partial charge in [-0.25, -0.2) is 14.8 Å². The summed E-state index contributed by atoms with van der Waals surface area (Å²) in [5.74, 6) is 0.671. The molecule has 1 unspecified atom stereocenters. The van der Waals surface area contributed by atoms with E-state index in [0.29, 0.717) is 32.2 Å². The Morgan fingerprint density at radius 2 is 1.81 bits per heavy atom. The number of rotatable bonds is 6. The molecule has 1 aromatic heterocycles. The fourth-order valence-corrected chi connectivity index (χ4v) is 4.15. The molecular formula is C23H29N5O4. The smallest absolute Gasteiger partial charge is 0.325 e. The van der Waals surface area contributed by atoms with Gasteiger partial charge in [0, 0.05) is 36.7 Å². The third-order valence-electron chi connectivity index (χ3n) is 5.77. The van der Waals surface area contributed by atoms with Crippen molar-refractivity contribution < 1.29 is 19.1 Å². The summed E-state index contributed by atoms with van der Waals surface area (Å²) in [6.45, 7) is 6.07. The van der Waals surface area contributed by atoms with Crippen molar-refractivity contribution in [2.75, 3.05) is 44.7 Å². The standard InChI is InChI=1S/C23H29N5O4/c1-16-13-17(2)25-22(24-16)32-20-5-4-10-26(14-20)21(29)15-27-11-12-28(23(27)30)18-6-8-19(31-3)9-7-18/h6-9,13,20H,4-5,10-12,14-15H2,1-3H3. The van der Waals surface area contributed by atoms with Gasteiger partial charge in [0.15, 0.2) is 0 Å². The summed E-state index contributed by atoms with van der Waals surface area (Å²) >= 11 is 0. The third kappa shape index (κ3) is 4.92. The molecule has 170 valence electrons. The van der Waals surface area contributed by atoms with Gasteiger partial charge in [-0.3, -0.25) is 9.69 Å². The number of aryl methyl sites for hydroxylation is 2. The summed E-state index contributed by atoms with van der Waals surface area (Å²) in [5.41, 5.74) is 2.50. The zero-order valence-electron chi connectivity index (χ0n) is 18.8. The highest BCUT2D eigenvalue weighted by Crippen LogP contribution is 2.23. The van der Waals surface area contributed by atoms with Gasteiger partial charge < -0.3 is 19.3 Å². The number of methoxy groups -OCH3 is 1. The third-order valence-corrected chi connectivity index (χ3v) is 5.77. The number of ether oxygens (including phenoxy) is 2. The van der Waals surface area contributed by atoms with Gasteiger partial charge in [0.2, 0.25) is 5.91 Å². The summed E-state index contributed by atoms with van der Waals surface area (Å²) in [6, 6.07) is 9.44. The average molecular weight is 440 g/mol. The molecule has 9 nitrogen and oxygen atoms in total. The van der Waals surface area contributed by atoms with Gasteiger partial charge >= 0.3 is 12.0 Å². The van der Waals surface area contributed by atoms with Crippen molar-refractivity contribution >= 4 is 17.6 Å². The largest absolute Gasteiger partial charge is 0.497 e. The van der Waals surface area contributed by atoms with Crippen molar-refractivity contribution in [3.8, 4) is 11.8 Å². The Morgan fingerprint density at radius 3 is 2.50 bits per heavy atom. The second kappa shape index (κ2) is 9.42. The van der Waals surface area contributed by atoms with Gasteiger partial charge in [-0.15, -0.1) is 0 Å². The number of carbonyl (C=O) groups is 2. The molecule has 0 saturated carbocycles. The Hall–Kier alpha value is -3.36. The minimum absolute atomic E-state index is 0.0652. The average Bonchev–Trinajstić information content (AvgIpc) is 3.13. The van der Waals surface area contributed by atoms with Crippen LogP contribution in [0.1, 0.15) is 24.2 Å². The first-order chi connectivity index (χ1) is 15.4. The quantitative estimate of drug-likeness (QED) is 0.687. The molecular weight excluding hydrogens is 410 g/mol.